The van der Waals surface area contributed by atoms with Gasteiger partial charge in [-0.3, -0.25) is 4.79 Å². The van der Waals surface area contributed by atoms with Crippen LogP contribution in [0.25, 0.3) is 0 Å². The van der Waals surface area contributed by atoms with Gasteiger partial charge in [0, 0.05) is 12.2 Å². The molecule has 0 unspecified atom stereocenters. The van der Waals surface area contributed by atoms with Crippen molar-refractivity contribution in [3.05, 3.63) is 65.7 Å². The Balaban J connectivity index is 1.45. The molecular weight excluding hydrogens is 352 g/mol. The lowest BCUT2D eigenvalue weighted by molar-refractivity contribution is -0.113. The van der Waals surface area contributed by atoms with Crippen LogP contribution in [0.15, 0.2) is 58.9 Å². The van der Waals surface area contributed by atoms with Gasteiger partial charge < -0.3 is 10.6 Å². The van der Waals surface area contributed by atoms with Gasteiger partial charge in [-0.1, -0.05) is 71.1 Å². The van der Waals surface area contributed by atoms with Crippen molar-refractivity contribution in [3.8, 4) is 0 Å². The molecule has 7 heteroatoms. The van der Waals surface area contributed by atoms with E-state index < -0.39 is 0 Å². The zero-order valence-corrected chi connectivity index (χ0v) is 15.4. The Labute approximate surface area is 154 Å². The summed E-state index contributed by atoms with van der Waals surface area (Å²) in [5.74, 6) is 0.254. The predicted molar refractivity (Wildman–Crippen MR) is 104 cm³/mol. The van der Waals surface area contributed by atoms with Crippen LogP contribution in [0.3, 0.4) is 0 Å². The van der Waals surface area contributed by atoms with Crippen LogP contribution in [0.4, 0.5) is 10.8 Å². The SMILES string of the molecule is Cc1ccc(NC(=O)CSc2nnc(NCc3ccccc3)s2)cc1. The number of nitrogens with zero attached hydrogens (tertiary/aromatic N) is 2. The second-order valence-electron chi connectivity index (χ2n) is 5.42. The van der Waals surface area contributed by atoms with E-state index in [0.717, 1.165) is 20.7 Å². The van der Waals surface area contributed by atoms with Crippen LogP contribution in [-0.4, -0.2) is 21.9 Å². The molecule has 0 bridgehead atoms. The van der Waals surface area contributed by atoms with Crippen LogP contribution in [0.5, 0.6) is 0 Å². The number of rotatable bonds is 7. The summed E-state index contributed by atoms with van der Waals surface area (Å²) in [4.78, 5) is 12.0. The first kappa shape index (κ1) is 17.4. The van der Waals surface area contributed by atoms with E-state index in [-0.39, 0.29) is 5.91 Å². The molecule has 0 saturated carbocycles. The van der Waals surface area contributed by atoms with Crippen LogP contribution in [-0.2, 0) is 11.3 Å². The second kappa shape index (κ2) is 8.64. The molecule has 1 amide bonds. The molecule has 1 aromatic heterocycles. The van der Waals surface area contributed by atoms with Crippen molar-refractivity contribution in [1.29, 1.82) is 0 Å². The van der Waals surface area contributed by atoms with Gasteiger partial charge in [0.25, 0.3) is 0 Å². The smallest absolute Gasteiger partial charge is 0.234 e. The number of thioether (sulfide) groups is 1. The first-order valence-corrected chi connectivity index (χ1v) is 9.60. The Kier molecular flexibility index (Phi) is 6.03. The molecule has 5 nitrogen and oxygen atoms in total. The van der Waals surface area contributed by atoms with Crippen molar-refractivity contribution in [3.63, 3.8) is 0 Å². The number of hydrogen-bond donors (Lipinski definition) is 2. The van der Waals surface area contributed by atoms with E-state index in [1.165, 1.54) is 28.7 Å². The first-order valence-electron chi connectivity index (χ1n) is 7.80. The average Bonchev–Trinajstić information content (AvgIpc) is 3.09. The summed E-state index contributed by atoms with van der Waals surface area (Å²) >= 11 is 2.84. The fourth-order valence-electron chi connectivity index (χ4n) is 2.07. The number of carbonyl (C=O) groups excluding carboxylic acids is 1. The monoisotopic (exact) mass is 370 g/mol. The lowest BCUT2D eigenvalue weighted by atomic mass is 10.2. The maximum atomic E-state index is 12.0. The van der Waals surface area contributed by atoms with Crippen molar-refractivity contribution in [2.24, 2.45) is 0 Å². The molecule has 25 heavy (non-hydrogen) atoms. The van der Waals surface area contributed by atoms with Gasteiger partial charge >= 0.3 is 0 Å². The van der Waals surface area contributed by atoms with E-state index in [1.807, 2.05) is 49.4 Å². The Hall–Kier alpha value is -2.38. The normalized spacial score (nSPS) is 10.4. The van der Waals surface area contributed by atoms with Crippen LogP contribution in [0.1, 0.15) is 11.1 Å². The molecule has 0 aliphatic carbocycles. The summed E-state index contributed by atoms with van der Waals surface area (Å²) < 4.78 is 0.773. The van der Waals surface area contributed by atoms with E-state index in [9.17, 15) is 4.79 Å². The van der Waals surface area contributed by atoms with E-state index in [1.54, 1.807) is 0 Å². The number of aryl methyl sites for hydroxylation is 1. The zero-order valence-electron chi connectivity index (χ0n) is 13.7. The summed E-state index contributed by atoms with van der Waals surface area (Å²) in [5, 5.41) is 15.1. The quantitative estimate of drug-likeness (QED) is 0.611. The number of benzene rings is 2. The highest BCUT2D eigenvalue weighted by Gasteiger charge is 2.08. The van der Waals surface area contributed by atoms with Gasteiger partial charge in [0.15, 0.2) is 4.34 Å². The maximum Gasteiger partial charge on any atom is 0.234 e. The molecule has 2 aromatic carbocycles. The van der Waals surface area contributed by atoms with Gasteiger partial charge in [0.2, 0.25) is 11.0 Å². The number of hydrogen-bond acceptors (Lipinski definition) is 6. The largest absolute Gasteiger partial charge is 0.356 e. The minimum atomic E-state index is -0.0529. The summed E-state index contributed by atoms with van der Waals surface area (Å²) in [6, 6.07) is 17.8. The van der Waals surface area contributed by atoms with E-state index in [0.29, 0.717) is 12.3 Å². The molecular formula is C18H18N4OS2. The summed E-state index contributed by atoms with van der Waals surface area (Å²) in [6.07, 6.45) is 0. The topological polar surface area (TPSA) is 66.9 Å². The average molecular weight is 371 g/mol. The Bertz CT molecular complexity index is 819. The minimum Gasteiger partial charge on any atom is -0.356 e. The number of aromatic nitrogens is 2. The Morgan fingerprint density at radius 1 is 1.08 bits per heavy atom. The van der Waals surface area contributed by atoms with Gasteiger partial charge in [0.1, 0.15) is 0 Å². The number of anilines is 2. The molecule has 2 N–H and O–H groups in total. The van der Waals surface area contributed by atoms with E-state index in [2.05, 4.69) is 33.0 Å². The van der Waals surface area contributed by atoms with Gasteiger partial charge in [0.05, 0.1) is 5.75 Å². The van der Waals surface area contributed by atoms with Crippen LogP contribution < -0.4 is 10.6 Å². The fourth-order valence-corrected chi connectivity index (χ4v) is 3.62. The van der Waals surface area contributed by atoms with Gasteiger partial charge in [-0.2, -0.15) is 0 Å². The summed E-state index contributed by atoms with van der Waals surface area (Å²) in [5.41, 5.74) is 3.15. The molecule has 0 spiro atoms. The number of amides is 1. The fraction of sp³-hybridized carbons (Fsp3) is 0.167. The molecule has 0 aliphatic heterocycles. The molecule has 0 saturated heterocycles. The Morgan fingerprint density at radius 3 is 2.60 bits per heavy atom. The molecule has 0 fully saturated rings. The van der Waals surface area contributed by atoms with Crippen molar-refractivity contribution in [2.45, 2.75) is 17.8 Å². The predicted octanol–water partition coefficient (Wildman–Crippen LogP) is 4.19. The standard InChI is InChI=1S/C18H18N4OS2/c1-13-7-9-15(10-8-13)20-16(23)12-24-18-22-21-17(25-18)19-11-14-5-3-2-4-6-14/h2-10H,11-12H2,1H3,(H,19,21)(H,20,23). The van der Waals surface area contributed by atoms with Crippen molar-refractivity contribution < 1.29 is 4.79 Å². The summed E-state index contributed by atoms with van der Waals surface area (Å²) in [7, 11) is 0. The molecule has 0 aliphatic rings. The lowest BCUT2D eigenvalue weighted by Crippen LogP contribution is -2.13. The minimum absolute atomic E-state index is 0.0529. The summed E-state index contributed by atoms with van der Waals surface area (Å²) in [6.45, 7) is 2.72. The number of nitrogens with one attached hydrogen (secondary N) is 2. The molecule has 0 radical (unpaired) electrons. The third-order valence-corrected chi connectivity index (χ3v) is 5.37. The zero-order chi connectivity index (χ0) is 17.5. The maximum absolute atomic E-state index is 12.0. The van der Waals surface area contributed by atoms with E-state index in [4.69, 9.17) is 0 Å². The van der Waals surface area contributed by atoms with Crippen molar-refractivity contribution in [1.82, 2.24) is 10.2 Å². The lowest BCUT2D eigenvalue weighted by Gasteiger charge is -2.04. The number of carbonyl (C=O) groups is 1. The molecule has 1 heterocycles. The van der Waals surface area contributed by atoms with Gasteiger partial charge in [-0.25, -0.2) is 0 Å². The van der Waals surface area contributed by atoms with Gasteiger partial charge in [-0.15, -0.1) is 10.2 Å². The Morgan fingerprint density at radius 2 is 1.84 bits per heavy atom. The molecule has 3 aromatic rings. The van der Waals surface area contributed by atoms with Crippen LogP contribution in [0.2, 0.25) is 0 Å². The third-order valence-electron chi connectivity index (χ3n) is 3.36. The highest BCUT2D eigenvalue weighted by atomic mass is 32.2. The molecule has 3 rings (SSSR count). The van der Waals surface area contributed by atoms with Crippen molar-refractivity contribution in [2.75, 3.05) is 16.4 Å². The second-order valence-corrected chi connectivity index (χ2v) is 7.62. The van der Waals surface area contributed by atoms with Crippen LogP contribution >= 0.6 is 23.1 Å². The first-order chi connectivity index (χ1) is 12.2. The molecule has 128 valence electrons. The van der Waals surface area contributed by atoms with Crippen molar-refractivity contribution >= 4 is 39.8 Å². The molecule has 0 atom stereocenters. The van der Waals surface area contributed by atoms with E-state index >= 15 is 0 Å². The highest BCUT2D eigenvalue weighted by molar-refractivity contribution is 8.01. The van der Waals surface area contributed by atoms with Gasteiger partial charge in [-0.05, 0) is 24.6 Å². The highest BCUT2D eigenvalue weighted by Crippen LogP contribution is 2.25. The third kappa shape index (κ3) is 5.58. The van der Waals surface area contributed by atoms with Crippen LogP contribution in [0, 0.1) is 6.92 Å².